The maximum absolute atomic E-state index is 13.2. The van der Waals surface area contributed by atoms with Gasteiger partial charge in [0.2, 0.25) is 5.91 Å². The summed E-state index contributed by atoms with van der Waals surface area (Å²) in [5, 5.41) is 0. The summed E-state index contributed by atoms with van der Waals surface area (Å²) in [6.45, 7) is 6.28. The molecule has 28 heavy (non-hydrogen) atoms. The number of aryl methyl sites for hydroxylation is 1. The van der Waals surface area contributed by atoms with Crippen molar-refractivity contribution in [2.75, 3.05) is 32.7 Å². The van der Waals surface area contributed by atoms with Gasteiger partial charge in [0.05, 0.1) is 0 Å². The molecule has 2 fully saturated rings. The normalized spacial score (nSPS) is 20.6. The SMILES string of the molecule is Cc1cccc(CN2CCN3CCCN(C(=O)c4ccncc4)CC3C2=O)c1. The molecule has 1 aromatic heterocycles. The number of pyridine rings is 1. The Bertz CT molecular complexity index is 855. The van der Waals surface area contributed by atoms with Gasteiger partial charge >= 0.3 is 0 Å². The lowest BCUT2D eigenvalue weighted by Gasteiger charge is -2.40. The van der Waals surface area contributed by atoms with E-state index in [1.54, 1.807) is 24.5 Å². The Morgan fingerprint density at radius 1 is 1.11 bits per heavy atom. The number of carbonyl (C=O) groups excluding carboxylic acids is 2. The van der Waals surface area contributed by atoms with Gasteiger partial charge in [-0.05, 0) is 31.0 Å². The molecular weight excluding hydrogens is 352 g/mol. The van der Waals surface area contributed by atoms with E-state index in [9.17, 15) is 9.59 Å². The van der Waals surface area contributed by atoms with Gasteiger partial charge < -0.3 is 9.80 Å². The van der Waals surface area contributed by atoms with E-state index < -0.39 is 0 Å². The van der Waals surface area contributed by atoms with Crippen LogP contribution in [0.1, 0.15) is 27.9 Å². The topological polar surface area (TPSA) is 56.8 Å². The zero-order valence-electron chi connectivity index (χ0n) is 16.3. The number of aromatic nitrogens is 1. The molecule has 1 atom stereocenters. The van der Waals surface area contributed by atoms with Crippen molar-refractivity contribution < 1.29 is 9.59 Å². The Morgan fingerprint density at radius 2 is 1.93 bits per heavy atom. The minimum atomic E-state index is -0.258. The van der Waals surface area contributed by atoms with Gasteiger partial charge in [-0.1, -0.05) is 29.8 Å². The highest BCUT2D eigenvalue weighted by atomic mass is 16.2. The second kappa shape index (κ2) is 8.10. The molecule has 0 bridgehead atoms. The summed E-state index contributed by atoms with van der Waals surface area (Å²) >= 11 is 0. The molecule has 2 saturated heterocycles. The van der Waals surface area contributed by atoms with Crippen LogP contribution in [0.4, 0.5) is 0 Å². The van der Waals surface area contributed by atoms with Crippen molar-refractivity contribution in [3.05, 3.63) is 65.5 Å². The monoisotopic (exact) mass is 378 g/mol. The van der Waals surface area contributed by atoms with Crippen molar-refractivity contribution in [2.45, 2.75) is 25.9 Å². The molecule has 3 heterocycles. The number of rotatable bonds is 3. The van der Waals surface area contributed by atoms with Crippen molar-refractivity contribution in [1.82, 2.24) is 19.7 Å². The number of piperazine rings is 1. The second-order valence-corrected chi connectivity index (χ2v) is 7.64. The molecule has 6 nitrogen and oxygen atoms in total. The molecule has 2 aromatic rings. The van der Waals surface area contributed by atoms with E-state index in [0.717, 1.165) is 31.6 Å². The lowest BCUT2D eigenvalue weighted by atomic mass is 10.1. The van der Waals surface area contributed by atoms with Gasteiger partial charge in [0, 0.05) is 57.2 Å². The Balaban J connectivity index is 1.49. The van der Waals surface area contributed by atoms with E-state index in [0.29, 0.717) is 25.2 Å². The van der Waals surface area contributed by atoms with Crippen molar-refractivity contribution in [3.63, 3.8) is 0 Å². The molecule has 4 rings (SSSR count). The van der Waals surface area contributed by atoms with Crippen LogP contribution >= 0.6 is 0 Å². The summed E-state index contributed by atoms with van der Waals surface area (Å²) in [6, 6.07) is 11.5. The summed E-state index contributed by atoms with van der Waals surface area (Å²) in [4.78, 5) is 36.1. The second-order valence-electron chi connectivity index (χ2n) is 7.64. The third-order valence-electron chi connectivity index (χ3n) is 5.63. The average Bonchev–Trinajstić information content (AvgIpc) is 2.93. The minimum absolute atomic E-state index is 0.0205. The molecular formula is C22H26N4O2. The van der Waals surface area contributed by atoms with Gasteiger partial charge in [-0.25, -0.2) is 0 Å². The lowest BCUT2D eigenvalue weighted by molar-refractivity contribution is -0.142. The molecule has 0 spiro atoms. The van der Waals surface area contributed by atoms with Gasteiger partial charge in [0.25, 0.3) is 5.91 Å². The van der Waals surface area contributed by atoms with E-state index in [-0.39, 0.29) is 17.9 Å². The first-order valence-corrected chi connectivity index (χ1v) is 9.89. The first-order chi connectivity index (χ1) is 13.6. The summed E-state index contributed by atoms with van der Waals surface area (Å²) < 4.78 is 0. The van der Waals surface area contributed by atoms with Crippen molar-refractivity contribution in [3.8, 4) is 0 Å². The number of hydrogen-bond acceptors (Lipinski definition) is 4. The molecule has 2 aliphatic heterocycles. The van der Waals surface area contributed by atoms with E-state index in [1.165, 1.54) is 5.56 Å². The number of fused-ring (bicyclic) bond motifs is 1. The minimum Gasteiger partial charge on any atom is -0.336 e. The highest BCUT2D eigenvalue weighted by Crippen LogP contribution is 2.20. The van der Waals surface area contributed by atoms with Crippen LogP contribution in [0.5, 0.6) is 0 Å². The molecule has 2 amide bonds. The highest BCUT2D eigenvalue weighted by Gasteiger charge is 2.38. The maximum Gasteiger partial charge on any atom is 0.254 e. The summed E-state index contributed by atoms with van der Waals surface area (Å²) in [6.07, 6.45) is 4.15. The number of carbonyl (C=O) groups is 2. The van der Waals surface area contributed by atoms with Gasteiger partial charge in [0.15, 0.2) is 0 Å². The predicted molar refractivity (Wildman–Crippen MR) is 107 cm³/mol. The first-order valence-electron chi connectivity index (χ1n) is 9.89. The summed E-state index contributed by atoms with van der Waals surface area (Å²) in [7, 11) is 0. The fourth-order valence-corrected chi connectivity index (χ4v) is 4.16. The van der Waals surface area contributed by atoms with Crippen molar-refractivity contribution in [2.24, 2.45) is 0 Å². The molecule has 1 unspecified atom stereocenters. The average molecular weight is 378 g/mol. The number of amides is 2. The van der Waals surface area contributed by atoms with E-state index in [1.807, 2.05) is 15.9 Å². The van der Waals surface area contributed by atoms with E-state index >= 15 is 0 Å². The fourth-order valence-electron chi connectivity index (χ4n) is 4.16. The third kappa shape index (κ3) is 3.92. The molecule has 0 radical (unpaired) electrons. The number of benzene rings is 1. The smallest absolute Gasteiger partial charge is 0.254 e. The zero-order chi connectivity index (χ0) is 19.5. The lowest BCUT2D eigenvalue weighted by Crippen LogP contribution is -2.59. The Labute approximate surface area is 165 Å². The van der Waals surface area contributed by atoms with Gasteiger partial charge in [0.1, 0.15) is 6.04 Å². The number of hydrogen-bond donors (Lipinski definition) is 0. The Hall–Kier alpha value is -2.73. The van der Waals surface area contributed by atoms with E-state index in [4.69, 9.17) is 0 Å². The fraction of sp³-hybridized carbons (Fsp3) is 0.409. The molecule has 0 N–H and O–H groups in total. The molecule has 6 heteroatoms. The van der Waals surface area contributed by atoms with Crippen LogP contribution < -0.4 is 0 Å². The van der Waals surface area contributed by atoms with E-state index in [2.05, 4.69) is 35.0 Å². The molecule has 2 aliphatic rings. The van der Waals surface area contributed by atoms with Crippen LogP contribution in [0.2, 0.25) is 0 Å². The third-order valence-corrected chi connectivity index (χ3v) is 5.63. The van der Waals surface area contributed by atoms with Gasteiger partial charge in [-0.3, -0.25) is 19.5 Å². The maximum atomic E-state index is 13.2. The van der Waals surface area contributed by atoms with Crippen LogP contribution in [0, 0.1) is 6.92 Å². The predicted octanol–water partition coefficient (Wildman–Crippen LogP) is 1.95. The molecule has 1 aromatic carbocycles. The first kappa shape index (κ1) is 18.6. The summed E-state index contributed by atoms with van der Waals surface area (Å²) in [5.74, 6) is 0.107. The number of nitrogens with zero attached hydrogens (tertiary/aromatic N) is 4. The Morgan fingerprint density at radius 3 is 2.71 bits per heavy atom. The van der Waals surface area contributed by atoms with Crippen molar-refractivity contribution in [1.29, 1.82) is 0 Å². The zero-order valence-corrected chi connectivity index (χ0v) is 16.3. The van der Waals surface area contributed by atoms with Gasteiger partial charge in [-0.2, -0.15) is 0 Å². The van der Waals surface area contributed by atoms with Crippen molar-refractivity contribution >= 4 is 11.8 Å². The van der Waals surface area contributed by atoms with Crippen LogP contribution in [0.25, 0.3) is 0 Å². The molecule has 146 valence electrons. The van der Waals surface area contributed by atoms with Crippen LogP contribution in [-0.2, 0) is 11.3 Å². The van der Waals surface area contributed by atoms with Crippen LogP contribution in [0.3, 0.4) is 0 Å². The van der Waals surface area contributed by atoms with Gasteiger partial charge in [-0.15, -0.1) is 0 Å². The highest BCUT2D eigenvalue weighted by molar-refractivity contribution is 5.94. The van der Waals surface area contributed by atoms with Crippen LogP contribution in [0.15, 0.2) is 48.8 Å². The standard InChI is InChI=1S/C22H26N4O2/c1-17-4-2-5-18(14-17)15-26-13-12-24-10-3-11-25(16-20(24)22(26)28)21(27)19-6-8-23-9-7-19/h2,4-9,14,20H,3,10-13,15-16H2,1H3. The quantitative estimate of drug-likeness (QED) is 0.819. The van der Waals surface area contributed by atoms with Crippen LogP contribution in [-0.4, -0.2) is 70.3 Å². The largest absolute Gasteiger partial charge is 0.336 e. The summed E-state index contributed by atoms with van der Waals surface area (Å²) in [5.41, 5.74) is 2.98. The molecule has 0 saturated carbocycles. The Kier molecular flexibility index (Phi) is 5.39. The molecule has 0 aliphatic carbocycles.